The quantitative estimate of drug-likeness (QED) is 0.360. The second-order valence-electron chi connectivity index (χ2n) is 10.8. The lowest BCUT2D eigenvalue weighted by molar-refractivity contribution is -0.193. The summed E-state index contributed by atoms with van der Waals surface area (Å²) in [5.41, 5.74) is 2.28. The fourth-order valence-corrected chi connectivity index (χ4v) is 5.75. The molecule has 1 saturated carbocycles. The van der Waals surface area contributed by atoms with E-state index >= 15 is 0 Å². The van der Waals surface area contributed by atoms with Crippen molar-refractivity contribution in [3.63, 3.8) is 0 Å². The van der Waals surface area contributed by atoms with Crippen LogP contribution in [0.25, 0.3) is 5.65 Å². The smallest absolute Gasteiger partial charge is 0.475 e. The van der Waals surface area contributed by atoms with Gasteiger partial charge in [-0.1, -0.05) is 12.1 Å². The number of morpholine rings is 1. The van der Waals surface area contributed by atoms with Crippen LogP contribution in [0.1, 0.15) is 29.5 Å². The number of pyridine rings is 1. The highest BCUT2D eigenvalue weighted by atomic mass is 32.1. The van der Waals surface area contributed by atoms with Crippen LogP contribution in [0, 0.1) is 5.92 Å². The Kier molecular flexibility index (Phi) is 11.3. The van der Waals surface area contributed by atoms with Crippen LogP contribution in [-0.4, -0.2) is 106 Å². The van der Waals surface area contributed by atoms with Crippen molar-refractivity contribution in [3.8, 4) is 0 Å². The first-order chi connectivity index (χ1) is 21.2. The van der Waals surface area contributed by atoms with Gasteiger partial charge in [-0.2, -0.15) is 26.3 Å². The van der Waals surface area contributed by atoms with Gasteiger partial charge in [0.15, 0.2) is 0 Å². The van der Waals surface area contributed by atoms with E-state index < -0.39 is 24.3 Å². The number of nitrogens with zero attached hydrogens (tertiary/aromatic N) is 5. The summed E-state index contributed by atoms with van der Waals surface area (Å²) in [4.78, 5) is 32.1. The minimum Gasteiger partial charge on any atom is -0.475 e. The summed E-state index contributed by atoms with van der Waals surface area (Å²) in [5.74, 6) is -3.38. The number of ether oxygens (including phenoxy) is 1. The molecule has 0 aromatic carbocycles. The molecular weight excluding hydrogens is 632 g/mol. The Morgan fingerprint density at radius 2 is 1.58 bits per heavy atom. The van der Waals surface area contributed by atoms with E-state index in [2.05, 4.69) is 61.0 Å². The molecular formula is C28H33F6N5O5S. The topological polar surface area (TPSA) is 111 Å². The second-order valence-corrected chi connectivity index (χ2v) is 11.8. The van der Waals surface area contributed by atoms with Crippen LogP contribution in [0.4, 0.5) is 32.2 Å². The number of piperazine rings is 1. The third-order valence-electron chi connectivity index (χ3n) is 7.38. The van der Waals surface area contributed by atoms with Crippen molar-refractivity contribution in [3.05, 3.63) is 52.5 Å². The number of imidazole rings is 1. The highest BCUT2D eigenvalue weighted by Gasteiger charge is 2.39. The van der Waals surface area contributed by atoms with Crippen LogP contribution < -0.4 is 4.90 Å². The molecule has 1 aliphatic carbocycles. The molecule has 0 spiro atoms. The zero-order valence-corrected chi connectivity index (χ0v) is 24.8. The summed E-state index contributed by atoms with van der Waals surface area (Å²) in [7, 11) is 0. The van der Waals surface area contributed by atoms with Crippen molar-refractivity contribution in [2.75, 3.05) is 57.4 Å². The number of thiophene rings is 1. The first-order valence-corrected chi connectivity index (χ1v) is 15.0. The number of anilines is 1. The zero-order valence-electron chi connectivity index (χ0n) is 24.0. The van der Waals surface area contributed by atoms with E-state index in [0.717, 1.165) is 64.0 Å². The van der Waals surface area contributed by atoms with Crippen molar-refractivity contribution in [1.82, 2.24) is 19.2 Å². The summed E-state index contributed by atoms with van der Waals surface area (Å²) in [6, 6.07) is 11.3. The van der Waals surface area contributed by atoms with E-state index in [1.54, 1.807) is 0 Å². The van der Waals surface area contributed by atoms with Crippen molar-refractivity contribution in [1.29, 1.82) is 0 Å². The number of alkyl halides is 6. The van der Waals surface area contributed by atoms with Crippen LogP contribution in [0.5, 0.6) is 0 Å². The Morgan fingerprint density at radius 3 is 2.13 bits per heavy atom. The van der Waals surface area contributed by atoms with Gasteiger partial charge in [-0.15, -0.1) is 11.3 Å². The molecule has 2 aliphatic heterocycles. The predicted octanol–water partition coefficient (Wildman–Crippen LogP) is 4.77. The fraction of sp³-hybridized carbons (Fsp3) is 0.536. The van der Waals surface area contributed by atoms with Crippen LogP contribution >= 0.6 is 11.3 Å². The standard InChI is InChI=1S/C24H31N5OS.2C2HF3O2/c1-4-23-25-21(17-29(23)24(5-1)27-10-12-30-13-11-27)22-18-26(16-20-3-2-14-31-20)8-9-28(22)15-19-6-7-19;2*3-2(4,5)1(6)7/h1-5,14,17,19,22H,6-13,15-16,18H2;2*(H,6,7). The highest BCUT2D eigenvalue weighted by Crippen LogP contribution is 2.35. The SMILES string of the molecule is O=C(O)C(F)(F)F.O=C(O)C(F)(F)F.c1csc(CN2CCN(CC3CC3)C(c3cn4c(N5CCOCC5)cccc4n3)C2)c1. The maximum absolute atomic E-state index is 10.6. The first kappa shape index (κ1) is 34.5. The van der Waals surface area contributed by atoms with Crippen molar-refractivity contribution in [2.24, 2.45) is 5.92 Å². The first-order valence-electron chi connectivity index (χ1n) is 14.1. The number of rotatable bonds is 6. The zero-order chi connectivity index (χ0) is 32.8. The molecule has 3 aromatic rings. The molecule has 45 heavy (non-hydrogen) atoms. The molecule has 0 amide bonds. The average Bonchev–Trinajstić information content (AvgIpc) is 3.45. The van der Waals surface area contributed by atoms with Gasteiger partial charge in [-0.05, 0) is 42.3 Å². The molecule has 3 aromatic heterocycles. The molecule has 6 rings (SSSR count). The van der Waals surface area contributed by atoms with Crippen LogP contribution in [0.3, 0.4) is 0 Å². The van der Waals surface area contributed by atoms with Crippen LogP contribution in [-0.2, 0) is 20.9 Å². The van der Waals surface area contributed by atoms with Gasteiger partial charge in [0, 0.05) is 56.9 Å². The third kappa shape index (κ3) is 10.0. The third-order valence-corrected chi connectivity index (χ3v) is 8.24. The maximum Gasteiger partial charge on any atom is 0.490 e. The Hall–Kier alpha value is -3.41. The average molecular weight is 666 g/mol. The molecule has 10 nitrogen and oxygen atoms in total. The number of hydrogen-bond acceptors (Lipinski definition) is 8. The van der Waals surface area contributed by atoms with E-state index in [-0.39, 0.29) is 0 Å². The normalized spacial score (nSPS) is 19.8. The molecule has 0 bridgehead atoms. The molecule has 17 heteroatoms. The number of carboxylic acid groups (broad SMARTS) is 2. The van der Waals surface area contributed by atoms with Gasteiger partial charge < -0.3 is 19.8 Å². The summed E-state index contributed by atoms with van der Waals surface area (Å²) in [5, 5.41) is 16.4. The van der Waals surface area contributed by atoms with Crippen LogP contribution in [0.15, 0.2) is 41.9 Å². The molecule has 0 radical (unpaired) electrons. The van der Waals surface area contributed by atoms with Gasteiger partial charge in [0.05, 0.1) is 24.9 Å². The summed E-state index contributed by atoms with van der Waals surface area (Å²) < 4.78 is 71.3. The number of carbonyl (C=O) groups is 2. The van der Waals surface area contributed by atoms with E-state index in [0.29, 0.717) is 6.04 Å². The molecule has 2 saturated heterocycles. The number of halogens is 6. The Bertz CT molecular complexity index is 1380. The highest BCUT2D eigenvalue weighted by molar-refractivity contribution is 7.09. The van der Waals surface area contributed by atoms with Crippen molar-refractivity contribution >= 4 is 34.7 Å². The summed E-state index contributed by atoms with van der Waals surface area (Å²) in [6.45, 7) is 9.10. The molecule has 3 aliphatic rings. The summed E-state index contributed by atoms with van der Waals surface area (Å²) in [6.07, 6.45) is -5.07. The van der Waals surface area contributed by atoms with Gasteiger partial charge in [0.25, 0.3) is 0 Å². The molecule has 1 unspecified atom stereocenters. The molecule has 248 valence electrons. The Morgan fingerprint density at radius 1 is 0.933 bits per heavy atom. The van der Waals surface area contributed by atoms with Gasteiger partial charge in [0.1, 0.15) is 11.5 Å². The minimum absolute atomic E-state index is 0.367. The number of fused-ring (bicyclic) bond motifs is 1. The van der Waals surface area contributed by atoms with Gasteiger partial charge >= 0.3 is 24.3 Å². The number of hydrogen-bond donors (Lipinski definition) is 2. The lowest BCUT2D eigenvalue weighted by Crippen LogP contribution is -2.48. The van der Waals surface area contributed by atoms with Gasteiger partial charge in [-0.25, -0.2) is 14.6 Å². The lowest BCUT2D eigenvalue weighted by Gasteiger charge is -2.40. The van der Waals surface area contributed by atoms with E-state index in [4.69, 9.17) is 29.5 Å². The van der Waals surface area contributed by atoms with E-state index in [1.807, 2.05) is 11.3 Å². The molecule has 2 N–H and O–H groups in total. The summed E-state index contributed by atoms with van der Waals surface area (Å²) >= 11 is 1.87. The molecule has 3 fully saturated rings. The van der Waals surface area contributed by atoms with E-state index in [1.165, 1.54) is 35.8 Å². The van der Waals surface area contributed by atoms with Crippen LogP contribution in [0.2, 0.25) is 0 Å². The van der Waals surface area contributed by atoms with Gasteiger partial charge in [0.2, 0.25) is 0 Å². The number of carboxylic acids is 2. The maximum atomic E-state index is 10.6. The minimum atomic E-state index is -5.08. The Balaban J connectivity index is 0.000000277. The van der Waals surface area contributed by atoms with Gasteiger partial charge in [-0.3, -0.25) is 14.2 Å². The Labute approximate surface area is 258 Å². The predicted molar refractivity (Wildman–Crippen MR) is 152 cm³/mol. The number of aliphatic carboxylic acids is 2. The largest absolute Gasteiger partial charge is 0.490 e. The number of aromatic nitrogens is 2. The van der Waals surface area contributed by atoms with E-state index in [9.17, 15) is 26.3 Å². The monoisotopic (exact) mass is 665 g/mol. The van der Waals surface area contributed by atoms with Crippen molar-refractivity contribution < 1.29 is 50.9 Å². The molecule has 5 heterocycles. The second kappa shape index (κ2) is 14.8. The molecule has 1 atom stereocenters. The lowest BCUT2D eigenvalue weighted by atomic mass is 10.1. The fourth-order valence-electron chi connectivity index (χ4n) is 5.00. The van der Waals surface area contributed by atoms with Crippen molar-refractivity contribution in [2.45, 2.75) is 37.8 Å².